The molecule has 3 aromatic rings. The van der Waals surface area contributed by atoms with Gasteiger partial charge in [-0.1, -0.05) is 30.3 Å². The molecule has 6 heteroatoms. The van der Waals surface area contributed by atoms with E-state index >= 15 is 0 Å². The number of anilines is 1. The van der Waals surface area contributed by atoms with Crippen molar-refractivity contribution < 1.29 is 18.7 Å². The highest BCUT2D eigenvalue weighted by molar-refractivity contribution is 9.10. The molecule has 0 aliphatic heterocycles. The maximum absolute atomic E-state index is 13.8. The summed E-state index contributed by atoms with van der Waals surface area (Å²) in [4.78, 5) is 12.3. The molecule has 0 aliphatic carbocycles. The van der Waals surface area contributed by atoms with E-state index in [1.807, 2.05) is 32.0 Å². The molecule has 0 aliphatic rings. The topological polar surface area (TPSA) is 47.6 Å². The summed E-state index contributed by atoms with van der Waals surface area (Å²) in [5.74, 6) is 0.374. The van der Waals surface area contributed by atoms with Gasteiger partial charge in [-0.2, -0.15) is 0 Å². The van der Waals surface area contributed by atoms with Gasteiger partial charge in [0.1, 0.15) is 12.4 Å². The zero-order valence-electron chi connectivity index (χ0n) is 17.5. The summed E-state index contributed by atoms with van der Waals surface area (Å²) in [5, 5.41) is 2.89. The van der Waals surface area contributed by atoms with Crippen molar-refractivity contribution in [3.05, 3.63) is 93.2 Å². The molecule has 1 amide bonds. The number of carbonyl (C=O) groups excluding carboxylic acids is 1. The number of methoxy groups -OCH3 is 1. The molecule has 0 saturated heterocycles. The summed E-state index contributed by atoms with van der Waals surface area (Å²) in [6.45, 7) is 4.03. The minimum Gasteiger partial charge on any atom is -0.493 e. The fraction of sp³-hybridized carbons (Fsp3) is 0.160. The fourth-order valence-corrected chi connectivity index (χ4v) is 3.55. The molecule has 4 nitrogen and oxygen atoms in total. The van der Waals surface area contributed by atoms with Gasteiger partial charge in [0.2, 0.25) is 5.91 Å². The van der Waals surface area contributed by atoms with Crippen molar-refractivity contribution in [2.75, 3.05) is 12.4 Å². The van der Waals surface area contributed by atoms with Crippen LogP contribution in [0.15, 0.2) is 65.1 Å². The van der Waals surface area contributed by atoms with Crippen molar-refractivity contribution in [2.24, 2.45) is 0 Å². The van der Waals surface area contributed by atoms with Gasteiger partial charge in [-0.25, -0.2) is 4.39 Å². The number of amides is 1. The molecular formula is C25H23BrFNO3. The van der Waals surface area contributed by atoms with Crippen LogP contribution in [0.3, 0.4) is 0 Å². The Morgan fingerprint density at radius 3 is 2.65 bits per heavy atom. The minimum absolute atomic E-state index is 0.0646. The monoisotopic (exact) mass is 483 g/mol. The van der Waals surface area contributed by atoms with E-state index in [0.29, 0.717) is 21.5 Å². The fourth-order valence-electron chi connectivity index (χ4n) is 2.97. The minimum atomic E-state index is -0.327. The lowest BCUT2D eigenvalue weighted by molar-refractivity contribution is -0.111. The first-order valence-corrected chi connectivity index (χ1v) is 10.5. The van der Waals surface area contributed by atoms with E-state index in [4.69, 9.17) is 9.47 Å². The second kappa shape index (κ2) is 10.3. The van der Waals surface area contributed by atoms with E-state index in [0.717, 1.165) is 22.4 Å². The van der Waals surface area contributed by atoms with Gasteiger partial charge in [0.15, 0.2) is 11.5 Å². The molecular weight excluding hydrogens is 461 g/mol. The number of ether oxygens (including phenoxy) is 2. The Morgan fingerprint density at radius 2 is 1.90 bits per heavy atom. The van der Waals surface area contributed by atoms with Crippen molar-refractivity contribution in [3.63, 3.8) is 0 Å². The Balaban J connectivity index is 1.73. The van der Waals surface area contributed by atoms with Crippen LogP contribution in [0, 0.1) is 19.7 Å². The second-order valence-electron chi connectivity index (χ2n) is 6.98. The lowest BCUT2D eigenvalue weighted by atomic mass is 10.1. The molecule has 3 rings (SSSR count). The number of aryl methyl sites for hydroxylation is 1. The lowest BCUT2D eigenvalue weighted by Crippen LogP contribution is -2.09. The van der Waals surface area contributed by atoms with Gasteiger partial charge in [-0.3, -0.25) is 4.79 Å². The third kappa shape index (κ3) is 5.73. The van der Waals surface area contributed by atoms with Gasteiger partial charge in [-0.15, -0.1) is 0 Å². The molecule has 0 fully saturated rings. The highest BCUT2D eigenvalue weighted by Gasteiger charge is 2.13. The van der Waals surface area contributed by atoms with Crippen molar-refractivity contribution >= 4 is 33.6 Å². The Hall–Kier alpha value is -3.12. The summed E-state index contributed by atoms with van der Waals surface area (Å²) in [7, 11) is 1.53. The number of nitrogens with one attached hydrogen (secondary N) is 1. The summed E-state index contributed by atoms with van der Waals surface area (Å²) in [5.41, 5.74) is 4.12. The molecule has 3 aromatic carbocycles. The van der Waals surface area contributed by atoms with Crippen LogP contribution in [0.5, 0.6) is 11.5 Å². The van der Waals surface area contributed by atoms with Gasteiger partial charge >= 0.3 is 0 Å². The van der Waals surface area contributed by atoms with Crippen LogP contribution in [-0.2, 0) is 11.4 Å². The molecule has 1 N–H and O–H groups in total. The van der Waals surface area contributed by atoms with Crippen LogP contribution in [0.1, 0.15) is 22.3 Å². The normalized spacial score (nSPS) is 10.9. The van der Waals surface area contributed by atoms with E-state index in [9.17, 15) is 9.18 Å². The van der Waals surface area contributed by atoms with E-state index in [1.165, 1.54) is 19.3 Å². The summed E-state index contributed by atoms with van der Waals surface area (Å²) in [6.07, 6.45) is 3.15. The number of hydrogen-bond donors (Lipinski definition) is 1. The Morgan fingerprint density at radius 1 is 1.13 bits per heavy atom. The third-order valence-corrected chi connectivity index (χ3v) is 5.46. The smallest absolute Gasteiger partial charge is 0.248 e. The standard InChI is InChI=1S/C25H23BrFNO3/c1-16-7-6-10-22(17(16)2)28-24(29)12-11-18-13-20(26)25(23(14-18)30-3)31-15-19-8-4-5-9-21(19)27/h4-14H,15H2,1-3H3,(H,28,29)/b12-11+. The van der Waals surface area contributed by atoms with Crippen LogP contribution < -0.4 is 14.8 Å². The van der Waals surface area contributed by atoms with Gasteiger partial charge in [0.25, 0.3) is 0 Å². The highest BCUT2D eigenvalue weighted by atomic mass is 79.9. The van der Waals surface area contributed by atoms with Gasteiger partial charge in [0, 0.05) is 17.3 Å². The largest absolute Gasteiger partial charge is 0.493 e. The molecule has 0 heterocycles. The van der Waals surface area contributed by atoms with Crippen molar-refractivity contribution in [3.8, 4) is 11.5 Å². The maximum Gasteiger partial charge on any atom is 0.248 e. The van der Waals surface area contributed by atoms with Crippen molar-refractivity contribution in [1.82, 2.24) is 0 Å². The lowest BCUT2D eigenvalue weighted by Gasteiger charge is -2.14. The SMILES string of the molecule is COc1cc(/C=C/C(=O)Nc2cccc(C)c2C)cc(Br)c1OCc1ccccc1F. The number of carbonyl (C=O) groups is 1. The van der Waals surface area contributed by atoms with E-state index in [1.54, 1.807) is 36.4 Å². The number of hydrogen-bond acceptors (Lipinski definition) is 3. The molecule has 0 atom stereocenters. The van der Waals surface area contributed by atoms with Gasteiger partial charge < -0.3 is 14.8 Å². The number of benzene rings is 3. The summed E-state index contributed by atoms with van der Waals surface area (Å²) >= 11 is 3.48. The van der Waals surface area contributed by atoms with Crippen LogP contribution in [-0.4, -0.2) is 13.0 Å². The van der Waals surface area contributed by atoms with Crippen LogP contribution in [0.4, 0.5) is 10.1 Å². The first-order valence-electron chi connectivity index (χ1n) is 9.68. The molecule has 31 heavy (non-hydrogen) atoms. The average molecular weight is 484 g/mol. The van der Waals surface area contributed by atoms with Crippen LogP contribution in [0.25, 0.3) is 6.08 Å². The first-order chi connectivity index (χ1) is 14.9. The van der Waals surface area contributed by atoms with Crippen LogP contribution in [0.2, 0.25) is 0 Å². The number of rotatable bonds is 7. The van der Waals surface area contributed by atoms with Gasteiger partial charge in [0.05, 0.1) is 11.6 Å². The van der Waals surface area contributed by atoms with Gasteiger partial charge in [-0.05, 0) is 76.8 Å². The molecule has 0 spiro atoms. The maximum atomic E-state index is 13.8. The van der Waals surface area contributed by atoms with Crippen molar-refractivity contribution in [2.45, 2.75) is 20.5 Å². The predicted octanol–water partition coefficient (Wildman–Crippen LogP) is 6.44. The molecule has 0 aromatic heterocycles. The molecule has 0 radical (unpaired) electrons. The Bertz CT molecular complexity index is 1130. The zero-order chi connectivity index (χ0) is 22.4. The second-order valence-corrected chi connectivity index (χ2v) is 7.84. The predicted molar refractivity (Wildman–Crippen MR) is 125 cm³/mol. The quantitative estimate of drug-likeness (QED) is 0.393. The van der Waals surface area contributed by atoms with E-state index < -0.39 is 0 Å². The summed E-state index contributed by atoms with van der Waals surface area (Å²) in [6, 6.07) is 15.8. The highest BCUT2D eigenvalue weighted by Crippen LogP contribution is 2.37. The Labute approximate surface area is 189 Å². The molecule has 0 unspecified atom stereocenters. The zero-order valence-corrected chi connectivity index (χ0v) is 19.1. The molecule has 0 saturated carbocycles. The van der Waals surface area contributed by atoms with E-state index in [-0.39, 0.29) is 18.3 Å². The third-order valence-electron chi connectivity index (χ3n) is 4.87. The summed E-state index contributed by atoms with van der Waals surface area (Å²) < 4.78 is 25.7. The molecule has 0 bridgehead atoms. The van der Waals surface area contributed by atoms with E-state index in [2.05, 4.69) is 21.2 Å². The first kappa shape index (κ1) is 22.6. The average Bonchev–Trinajstić information content (AvgIpc) is 2.75. The number of halogens is 2. The molecule has 160 valence electrons. The Kier molecular flexibility index (Phi) is 7.47. The van der Waals surface area contributed by atoms with Crippen molar-refractivity contribution in [1.29, 1.82) is 0 Å². The van der Waals surface area contributed by atoms with Crippen LogP contribution >= 0.6 is 15.9 Å².